The first-order valence-electron chi connectivity index (χ1n) is 5.84. The Morgan fingerprint density at radius 3 is 2.50 bits per heavy atom. The fourth-order valence-electron chi connectivity index (χ4n) is 1.66. The van der Waals surface area contributed by atoms with E-state index in [0.29, 0.717) is 11.5 Å². The number of hydrogen-bond acceptors (Lipinski definition) is 4. The van der Waals surface area contributed by atoms with Gasteiger partial charge in [0.1, 0.15) is 5.75 Å². The van der Waals surface area contributed by atoms with Crippen molar-refractivity contribution < 1.29 is 22.4 Å². The number of ether oxygens (including phenoxy) is 1. The van der Waals surface area contributed by atoms with Crippen molar-refractivity contribution in [2.24, 2.45) is 0 Å². The number of alkyl halides is 3. The summed E-state index contributed by atoms with van der Waals surface area (Å²) in [6, 6.07) is 4.64. The molecule has 0 spiro atoms. The van der Waals surface area contributed by atoms with Gasteiger partial charge in [0.2, 0.25) is 0 Å². The summed E-state index contributed by atoms with van der Waals surface area (Å²) in [4.78, 5) is 0. The van der Waals surface area contributed by atoms with Crippen LogP contribution in [0.1, 0.15) is 30.0 Å². The van der Waals surface area contributed by atoms with Gasteiger partial charge in [-0.3, -0.25) is 0 Å². The van der Waals surface area contributed by atoms with E-state index >= 15 is 0 Å². The molecule has 2 rings (SSSR count). The Hall–Kier alpha value is -2.18. The molecule has 4 nitrogen and oxygen atoms in total. The van der Waals surface area contributed by atoms with Crippen LogP contribution < -0.4 is 10.5 Å². The van der Waals surface area contributed by atoms with E-state index in [1.807, 2.05) is 0 Å². The number of hydrogen-bond donors (Lipinski definition) is 1. The molecule has 2 aromatic rings. The van der Waals surface area contributed by atoms with Gasteiger partial charge in [0, 0.05) is 6.07 Å². The van der Waals surface area contributed by atoms with Gasteiger partial charge in [0.25, 0.3) is 0 Å². The van der Waals surface area contributed by atoms with Crippen LogP contribution in [-0.4, -0.2) is 5.16 Å². The molecule has 1 aromatic carbocycles. The number of nitrogens with zero attached hydrogens (tertiary/aromatic N) is 1. The van der Waals surface area contributed by atoms with Crippen LogP contribution in [0.25, 0.3) is 0 Å². The highest BCUT2D eigenvalue weighted by molar-refractivity contribution is 5.55. The van der Waals surface area contributed by atoms with Crippen LogP contribution in [0.3, 0.4) is 0 Å². The van der Waals surface area contributed by atoms with Gasteiger partial charge in [0.05, 0.1) is 16.9 Å². The molecule has 1 aromatic heterocycles. The van der Waals surface area contributed by atoms with E-state index in [-0.39, 0.29) is 11.4 Å². The topological polar surface area (TPSA) is 61.3 Å². The van der Waals surface area contributed by atoms with Crippen molar-refractivity contribution in [3.63, 3.8) is 0 Å². The highest BCUT2D eigenvalue weighted by Crippen LogP contribution is 2.35. The minimum atomic E-state index is -4.43. The lowest BCUT2D eigenvalue weighted by Crippen LogP contribution is -2.08. The minimum Gasteiger partial charge on any atom is -0.481 e. The van der Waals surface area contributed by atoms with Crippen LogP contribution in [0.15, 0.2) is 28.8 Å². The Kier molecular flexibility index (Phi) is 3.61. The molecule has 0 saturated carbocycles. The van der Waals surface area contributed by atoms with E-state index in [0.717, 1.165) is 12.1 Å². The highest BCUT2D eigenvalue weighted by Gasteiger charge is 2.31. The van der Waals surface area contributed by atoms with E-state index in [9.17, 15) is 13.2 Å². The Morgan fingerprint density at radius 1 is 1.30 bits per heavy atom. The lowest BCUT2D eigenvalue weighted by Gasteiger charge is -2.15. The van der Waals surface area contributed by atoms with Crippen molar-refractivity contribution in [1.29, 1.82) is 0 Å². The Balaban J connectivity index is 2.18. The molecule has 0 aliphatic rings. The fourth-order valence-corrected chi connectivity index (χ4v) is 1.66. The van der Waals surface area contributed by atoms with Gasteiger partial charge in [0.15, 0.2) is 11.9 Å². The summed E-state index contributed by atoms with van der Waals surface area (Å²) in [5.41, 5.74) is 5.37. The lowest BCUT2D eigenvalue weighted by atomic mass is 10.2. The molecule has 7 heteroatoms. The summed E-state index contributed by atoms with van der Waals surface area (Å²) in [7, 11) is 0. The molecule has 0 saturated heterocycles. The molecule has 20 heavy (non-hydrogen) atoms. The number of halogens is 3. The van der Waals surface area contributed by atoms with Gasteiger partial charge in [-0.2, -0.15) is 13.2 Å². The molecule has 0 amide bonds. The quantitative estimate of drug-likeness (QED) is 0.873. The van der Waals surface area contributed by atoms with E-state index < -0.39 is 17.8 Å². The Bertz CT molecular complexity index is 608. The van der Waals surface area contributed by atoms with Crippen molar-refractivity contribution in [3.05, 3.63) is 41.3 Å². The zero-order valence-corrected chi connectivity index (χ0v) is 10.9. The third-order valence-electron chi connectivity index (χ3n) is 2.69. The normalized spacial score (nSPS) is 13.2. The minimum absolute atomic E-state index is 0.0806. The second-order valence-corrected chi connectivity index (χ2v) is 4.38. The second-order valence-electron chi connectivity index (χ2n) is 4.38. The van der Waals surface area contributed by atoms with E-state index in [1.165, 1.54) is 6.07 Å². The number of aryl methyl sites for hydroxylation is 1. The molecule has 1 atom stereocenters. The first-order valence-corrected chi connectivity index (χ1v) is 5.84. The van der Waals surface area contributed by atoms with Crippen molar-refractivity contribution in [2.75, 3.05) is 5.73 Å². The average molecular weight is 286 g/mol. The van der Waals surface area contributed by atoms with Crippen LogP contribution >= 0.6 is 0 Å². The summed E-state index contributed by atoms with van der Waals surface area (Å²) >= 11 is 0. The van der Waals surface area contributed by atoms with Crippen molar-refractivity contribution in [1.82, 2.24) is 5.16 Å². The summed E-state index contributed by atoms with van der Waals surface area (Å²) in [6.45, 7) is 3.45. The Morgan fingerprint density at radius 2 is 2.00 bits per heavy atom. The van der Waals surface area contributed by atoms with Gasteiger partial charge in [-0.25, -0.2) is 0 Å². The van der Waals surface area contributed by atoms with E-state index in [2.05, 4.69) is 5.16 Å². The van der Waals surface area contributed by atoms with E-state index in [4.69, 9.17) is 15.0 Å². The summed E-state index contributed by atoms with van der Waals surface area (Å²) in [5.74, 6) is 0.640. The molecule has 0 aliphatic heterocycles. The molecule has 2 N–H and O–H groups in total. The predicted octanol–water partition coefficient (Wildman–Crippen LogP) is 3.72. The van der Waals surface area contributed by atoms with Gasteiger partial charge in [-0.1, -0.05) is 5.16 Å². The third kappa shape index (κ3) is 3.04. The molecule has 0 radical (unpaired) electrons. The lowest BCUT2D eigenvalue weighted by molar-refractivity contribution is -0.137. The summed E-state index contributed by atoms with van der Waals surface area (Å²) in [6.07, 6.45) is -4.93. The molecular weight excluding hydrogens is 273 g/mol. The summed E-state index contributed by atoms with van der Waals surface area (Å²) in [5, 5.41) is 3.71. The molecule has 0 bridgehead atoms. The van der Waals surface area contributed by atoms with E-state index in [1.54, 1.807) is 19.9 Å². The number of nitrogen functional groups attached to an aromatic ring is 1. The maximum atomic E-state index is 12.5. The number of anilines is 1. The number of benzene rings is 1. The average Bonchev–Trinajstić information content (AvgIpc) is 2.77. The molecule has 1 unspecified atom stereocenters. The van der Waals surface area contributed by atoms with Crippen LogP contribution in [0, 0.1) is 6.92 Å². The predicted molar refractivity (Wildman–Crippen MR) is 66.1 cm³/mol. The smallest absolute Gasteiger partial charge is 0.416 e. The monoisotopic (exact) mass is 286 g/mol. The fraction of sp³-hybridized carbons (Fsp3) is 0.308. The Labute approximate surface area is 113 Å². The van der Waals surface area contributed by atoms with Crippen molar-refractivity contribution in [2.45, 2.75) is 26.1 Å². The maximum absolute atomic E-state index is 12.5. The van der Waals surface area contributed by atoms with Crippen molar-refractivity contribution >= 4 is 5.69 Å². The maximum Gasteiger partial charge on any atom is 0.416 e. The largest absolute Gasteiger partial charge is 0.481 e. The van der Waals surface area contributed by atoms with Crippen LogP contribution in [0.5, 0.6) is 5.75 Å². The highest BCUT2D eigenvalue weighted by atomic mass is 19.4. The van der Waals surface area contributed by atoms with Crippen LogP contribution in [0.4, 0.5) is 18.9 Å². The molecule has 0 fully saturated rings. The number of rotatable bonds is 3. The molecule has 0 aliphatic carbocycles. The first kappa shape index (κ1) is 14.2. The standard InChI is InChI=1S/C13H13F3N2O2/c1-7-5-12(20-18-7)8(2)19-11-4-3-9(6-10(11)17)13(14,15)16/h3-6,8H,17H2,1-2H3. The molecule has 108 valence electrons. The number of nitrogens with two attached hydrogens (primary N) is 1. The van der Waals surface area contributed by atoms with Gasteiger partial charge in [-0.15, -0.1) is 0 Å². The van der Waals surface area contributed by atoms with Crippen LogP contribution in [0.2, 0.25) is 0 Å². The molecule has 1 heterocycles. The zero-order valence-electron chi connectivity index (χ0n) is 10.9. The first-order chi connectivity index (χ1) is 9.27. The van der Waals surface area contributed by atoms with Crippen molar-refractivity contribution in [3.8, 4) is 5.75 Å². The summed E-state index contributed by atoms with van der Waals surface area (Å²) < 4.78 is 48.0. The SMILES string of the molecule is Cc1cc(C(C)Oc2ccc(C(F)(F)F)cc2N)on1. The number of aromatic nitrogens is 1. The van der Waals surface area contributed by atoms with Gasteiger partial charge >= 0.3 is 6.18 Å². The van der Waals surface area contributed by atoms with Crippen LogP contribution in [-0.2, 0) is 6.18 Å². The molecular formula is C13H13F3N2O2. The van der Waals surface area contributed by atoms with Gasteiger partial charge < -0.3 is 15.0 Å². The van der Waals surface area contributed by atoms with Gasteiger partial charge in [-0.05, 0) is 32.0 Å². The zero-order chi connectivity index (χ0) is 14.9. The third-order valence-corrected chi connectivity index (χ3v) is 2.69. The second kappa shape index (κ2) is 5.07.